The van der Waals surface area contributed by atoms with E-state index in [0.29, 0.717) is 5.16 Å². The highest BCUT2D eigenvalue weighted by Crippen LogP contribution is 2.28. The third-order valence-corrected chi connectivity index (χ3v) is 2.58. The van der Waals surface area contributed by atoms with Crippen molar-refractivity contribution < 1.29 is 0 Å². The molecule has 1 rings (SSSR count). The average Bonchev–Trinajstić information content (AvgIpc) is 1.99. The van der Waals surface area contributed by atoms with Crippen LogP contribution in [0.3, 0.4) is 0 Å². The van der Waals surface area contributed by atoms with E-state index in [9.17, 15) is 0 Å². The predicted octanol–water partition coefficient (Wildman–Crippen LogP) is 3.16. The summed E-state index contributed by atoms with van der Waals surface area (Å²) in [6.45, 7) is 0. The second kappa shape index (κ2) is 3.81. The molecule has 0 spiro atoms. The van der Waals surface area contributed by atoms with Crippen LogP contribution < -0.4 is 0 Å². The number of halogens is 3. The maximum absolute atomic E-state index is 5.62. The number of aromatic nitrogens is 2. The van der Waals surface area contributed by atoms with Crippen LogP contribution in [-0.4, -0.2) is 16.2 Å². The van der Waals surface area contributed by atoms with Gasteiger partial charge in [0.25, 0.3) is 0 Å². The Balaban J connectivity index is 3.21. The Morgan fingerprint density at radius 1 is 1.09 bits per heavy atom. The van der Waals surface area contributed by atoms with Gasteiger partial charge in [-0.3, -0.25) is 0 Å². The third kappa shape index (κ3) is 2.12. The number of nitrogens with zero attached hydrogens (tertiary/aromatic N) is 2. The summed E-state index contributed by atoms with van der Waals surface area (Å²) in [7, 11) is 0. The first-order valence-electron chi connectivity index (χ1n) is 2.57. The molecule has 0 bridgehead atoms. The van der Waals surface area contributed by atoms with E-state index in [1.807, 2.05) is 6.26 Å². The van der Waals surface area contributed by atoms with Crippen LogP contribution in [0.25, 0.3) is 0 Å². The molecule has 0 aliphatic carbocycles. The Morgan fingerprint density at radius 3 is 1.91 bits per heavy atom. The normalized spacial score (nSPS) is 10.2. The van der Waals surface area contributed by atoms with Crippen LogP contribution in [0.1, 0.15) is 0 Å². The van der Waals surface area contributed by atoms with E-state index >= 15 is 0 Å². The molecule has 0 aliphatic rings. The first-order valence-corrected chi connectivity index (χ1v) is 4.93. The monoisotopic (exact) mass is 228 g/mol. The Morgan fingerprint density at radius 2 is 1.55 bits per heavy atom. The van der Waals surface area contributed by atoms with Crippen LogP contribution in [-0.2, 0) is 0 Å². The predicted molar refractivity (Wildman–Crippen MR) is 48.8 cm³/mol. The highest BCUT2D eigenvalue weighted by Gasteiger charge is 2.07. The van der Waals surface area contributed by atoms with Crippen molar-refractivity contribution in [1.29, 1.82) is 0 Å². The minimum absolute atomic E-state index is 0.191. The molecule has 2 nitrogen and oxygen atoms in total. The second-order valence-corrected chi connectivity index (χ2v) is 3.47. The van der Waals surface area contributed by atoms with E-state index in [1.165, 1.54) is 11.8 Å². The van der Waals surface area contributed by atoms with Gasteiger partial charge in [0.15, 0.2) is 15.5 Å². The van der Waals surface area contributed by atoms with Crippen LogP contribution in [0, 0.1) is 0 Å². The van der Waals surface area contributed by atoms with Crippen molar-refractivity contribution in [3.63, 3.8) is 0 Å². The topological polar surface area (TPSA) is 25.8 Å². The van der Waals surface area contributed by atoms with E-state index in [2.05, 4.69) is 9.97 Å². The van der Waals surface area contributed by atoms with E-state index in [-0.39, 0.29) is 15.3 Å². The summed E-state index contributed by atoms with van der Waals surface area (Å²) >= 11 is 18.2. The molecule has 0 fully saturated rings. The number of hydrogen-bond acceptors (Lipinski definition) is 3. The van der Waals surface area contributed by atoms with Crippen LogP contribution >= 0.6 is 46.6 Å². The van der Waals surface area contributed by atoms with Crippen molar-refractivity contribution in [3.05, 3.63) is 15.3 Å². The fourth-order valence-electron chi connectivity index (χ4n) is 0.468. The van der Waals surface area contributed by atoms with Crippen LogP contribution in [0.2, 0.25) is 15.3 Å². The van der Waals surface area contributed by atoms with Gasteiger partial charge >= 0.3 is 0 Å². The van der Waals surface area contributed by atoms with Crippen LogP contribution in [0.4, 0.5) is 0 Å². The molecule has 0 aromatic carbocycles. The van der Waals surface area contributed by atoms with Gasteiger partial charge in [-0.25, -0.2) is 9.97 Å². The molecular formula is C5H3Cl3N2S. The van der Waals surface area contributed by atoms with E-state index in [4.69, 9.17) is 34.8 Å². The molecule has 0 amide bonds. The quantitative estimate of drug-likeness (QED) is 0.420. The molecule has 0 atom stereocenters. The van der Waals surface area contributed by atoms with Gasteiger partial charge in [0.2, 0.25) is 0 Å². The van der Waals surface area contributed by atoms with Gasteiger partial charge < -0.3 is 0 Å². The Bertz CT molecular complexity index is 255. The highest BCUT2D eigenvalue weighted by molar-refractivity contribution is 7.98. The lowest BCUT2D eigenvalue weighted by Gasteiger charge is -1.98. The SMILES string of the molecule is CSc1nc(Cl)c(Cl)c(Cl)n1. The van der Waals surface area contributed by atoms with E-state index in [1.54, 1.807) is 0 Å². The maximum Gasteiger partial charge on any atom is 0.190 e. The number of thioether (sulfide) groups is 1. The lowest BCUT2D eigenvalue weighted by molar-refractivity contribution is 0.972. The van der Waals surface area contributed by atoms with Gasteiger partial charge in [-0.15, -0.1) is 0 Å². The zero-order chi connectivity index (χ0) is 8.43. The molecule has 1 heterocycles. The first kappa shape index (κ1) is 9.39. The van der Waals surface area contributed by atoms with Gasteiger partial charge in [-0.1, -0.05) is 46.6 Å². The third-order valence-electron chi connectivity index (χ3n) is 0.932. The molecule has 0 unspecified atom stereocenters. The summed E-state index contributed by atoms with van der Waals surface area (Å²) in [5, 5.41) is 1.10. The van der Waals surface area contributed by atoms with Crippen molar-refractivity contribution >= 4 is 46.6 Å². The molecule has 11 heavy (non-hydrogen) atoms. The lowest BCUT2D eigenvalue weighted by Crippen LogP contribution is -1.88. The molecule has 0 saturated carbocycles. The van der Waals surface area contributed by atoms with Crippen molar-refractivity contribution in [3.8, 4) is 0 Å². The van der Waals surface area contributed by atoms with Crippen molar-refractivity contribution in [2.75, 3.05) is 6.26 Å². The van der Waals surface area contributed by atoms with E-state index in [0.717, 1.165) is 0 Å². The number of rotatable bonds is 1. The molecule has 0 radical (unpaired) electrons. The van der Waals surface area contributed by atoms with Crippen molar-refractivity contribution in [2.24, 2.45) is 0 Å². The van der Waals surface area contributed by atoms with Gasteiger partial charge in [-0.05, 0) is 6.26 Å². The van der Waals surface area contributed by atoms with Gasteiger partial charge in [0.1, 0.15) is 5.02 Å². The molecule has 1 aromatic rings. The fraction of sp³-hybridized carbons (Fsp3) is 0.200. The molecule has 0 saturated heterocycles. The zero-order valence-corrected chi connectivity index (χ0v) is 8.52. The summed E-state index contributed by atoms with van der Waals surface area (Å²) in [5.41, 5.74) is 0. The Kier molecular flexibility index (Phi) is 3.25. The molecule has 60 valence electrons. The number of hydrogen-bond donors (Lipinski definition) is 0. The largest absolute Gasteiger partial charge is 0.209 e. The zero-order valence-electron chi connectivity index (χ0n) is 5.44. The lowest BCUT2D eigenvalue weighted by atomic mass is 10.7. The second-order valence-electron chi connectivity index (χ2n) is 1.61. The summed E-state index contributed by atoms with van der Waals surface area (Å²) in [5.74, 6) is 0. The standard InChI is InChI=1S/C5H3Cl3N2S/c1-11-5-9-3(7)2(6)4(8)10-5/h1H3. The molecule has 0 aliphatic heterocycles. The maximum atomic E-state index is 5.62. The summed E-state index contributed by atoms with van der Waals surface area (Å²) in [4.78, 5) is 7.71. The Hall–Kier alpha value is 0.300. The van der Waals surface area contributed by atoms with Gasteiger partial charge in [-0.2, -0.15) is 0 Å². The average molecular weight is 230 g/mol. The van der Waals surface area contributed by atoms with Crippen LogP contribution in [0.5, 0.6) is 0 Å². The van der Waals surface area contributed by atoms with Crippen LogP contribution in [0.15, 0.2) is 5.16 Å². The van der Waals surface area contributed by atoms with Gasteiger partial charge in [0.05, 0.1) is 0 Å². The molecular weight excluding hydrogens is 226 g/mol. The fourth-order valence-corrected chi connectivity index (χ4v) is 1.40. The summed E-state index contributed by atoms with van der Waals surface area (Å²) < 4.78 is 0. The summed E-state index contributed by atoms with van der Waals surface area (Å²) in [6.07, 6.45) is 1.83. The minimum Gasteiger partial charge on any atom is -0.209 e. The minimum atomic E-state index is 0.191. The van der Waals surface area contributed by atoms with Gasteiger partial charge in [0, 0.05) is 0 Å². The van der Waals surface area contributed by atoms with E-state index < -0.39 is 0 Å². The summed E-state index contributed by atoms with van der Waals surface area (Å²) in [6, 6.07) is 0. The smallest absolute Gasteiger partial charge is 0.190 e. The van der Waals surface area contributed by atoms with Crippen molar-refractivity contribution in [2.45, 2.75) is 5.16 Å². The molecule has 1 aromatic heterocycles. The first-order chi connectivity index (χ1) is 5.15. The Labute approximate surface area is 83.3 Å². The molecule has 0 N–H and O–H groups in total. The van der Waals surface area contributed by atoms with Crippen molar-refractivity contribution in [1.82, 2.24) is 9.97 Å². The molecule has 6 heteroatoms. The highest BCUT2D eigenvalue weighted by atomic mass is 35.5.